The highest BCUT2D eigenvalue weighted by atomic mass is 19.1. The number of phenolic OH excluding ortho intramolecular Hbond substituents is 1. The Bertz CT molecular complexity index is 564. The van der Waals surface area contributed by atoms with Crippen LogP contribution in [-0.4, -0.2) is 11.7 Å². The molecule has 0 spiro atoms. The number of aromatic hydroxyl groups is 1. The Morgan fingerprint density at radius 1 is 1.17 bits per heavy atom. The molecular formula is C15H15FO2. The Hall–Kier alpha value is -2.03. The predicted octanol–water partition coefficient (Wildman–Crippen LogP) is 3.91. The highest BCUT2D eigenvalue weighted by molar-refractivity contribution is 5.68. The van der Waals surface area contributed by atoms with Crippen molar-refractivity contribution in [3.63, 3.8) is 0 Å². The molecule has 0 saturated carbocycles. The lowest BCUT2D eigenvalue weighted by Gasteiger charge is -2.09. The first-order chi connectivity index (χ1) is 8.61. The Morgan fingerprint density at radius 3 is 2.56 bits per heavy atom. The van der Waals surface area contributed by atoms with E-state index in [0.29, 0.717) is 6.61 Å². The minimum atomic E-state index is -0.610. The van der Waals surface area contributed by atoms with Crippen molar-refractivity contribution in [1.29, 1.82) is 0 Å². The van der Waals surface area contributed by atoms with Crippen LogP contribution in [0.4, 0.5) is 4.39 Å². The SMILES string of the molecule is CCOc1ccc(-c2ccc(O)c(F)c2)c(C)c1. The van der Waals surface area contributed by atoms with E-state index in [1.807, 2.05) is 32.0 Å². The minimum absolute atomic E-state index is 0.331. The second-order valence-corrected chi connectivity index (χ2v) is 4.08. The van der Waals surface area contributed by atoms with Crippen molar-refractivity contribution in [2.24, 2.45) is 0 Å². The van der Waals surface area contributed by atoms with Gasteiger partial charge in [0.25, 0.3) is 0 Å². The lowest BCUT2D eigenvalue weighted by Crippen LogP contribution is -1.92. The van der Waals surface area contributed by atoms with Crippen molar-refractivity contribution in [3.8, 4) is 22.6 Å². The zero-order valence-electron chi connectivity index (χ0n) is 10.4. The molecule has 0 radical (unpaired) electrons. The summed E-state index contributed by atoms with van der Waals surface area (Å²) in [6.45, 7) is 4.49. The normalized spacial score (nSPS) is 10.4. The third-order valence-electron chi connectivity index (χ3n) is 2.77. The van der Waals surface area contributed by atoms with E-state index >= 15 is 0 Å². The zero-order valence-corrected chi connectivity index (χ0v) is 10.4. The molecule has 2 aromatic carbocycles. The largest absolute Gasteiger partial charge is 0.505 e. The molecule has 18 heavy (non-hydrogen) atoms. The Kier molecular flexibility index (Phi) is 3.51. The van der Waals surface area contributed by atoms with E-state index in [-0.39, 0.29) is 5.75 Å². The van der Waals surface area contributed by atoms with Crippen LogP contribution in [-0.2, 0) is 0 Å². The molecule has 0 unspecified atom stereocenters. The van der Waals surface area contributed by atoms with Gasteiger partial charge in [0.2, 0.25) is 0 Å². The number of phenols is 1. The summed E-state index contributed by atoms with van der Waals surface area (Å²) in [4.78, 5) is 0. The molecule has 0 bridgehead atoms. The summed E-state index contributed by atoms with van der Waals surface area (Å²) < 4.78 is 18.7. The fourth-order valence-corrected chi connectivity index (χ4v) is 1.89. The number of benzene rings is 2. The van der Waals surface area contributed by atoms with E-state index in [2.05, 4.69) is 0 Å². The van der Waals surface area contributed by atoms with Crippen molar-refractivity contribution in [3.05, 3.63) is 47.8 Å². The van der Waals surface area contributed by atoms with Crippen molar-refractivity contribution < 1.29 is 14.2 Å². The monoisotopic (exact) mass is 246 g/mol. The molecule has 0 saturated heterocycles. The molecule has 0 aromatic heterocycles. The average Bonchev–Trinajstić information content (AvgIpc) is 2.34. The van der Waals surface area contributed by atoms with Gasteiger partial charge < -0.3 is 9.84 Å². The second-order valence-electron chi connectivity index (χ2n) is 4.08. The van der Waals surface area contributed by atoms with Gasteiger partial charge in [-0.1, -0.05) is 12.1 Å². The fourth-order valence-electron chi connectivity index (χ4n) is 1.89. The van der Waals surface area contributed by atoms with E-state index in [4.69, 9.17) is 4.74 Å². The van der Waals surface area contributed by atoms with Crippen LogP contribution in [0.2, 0.25) is 0 Å². The molecule has 2 rings (SSSR count). The van der Waals surface area contributed by atoms with Crippen LogP contribution in [0.25, 0.3) is 11.1 Å². The lowest BCUT2D eigenvalue weighted by molar-refractivity contribution is 0.340. The van der Waals surface area contributed by atoms with Gasteiger partial charge in [-0.25, -0.2) is 4.39 Å². The van der Waals surface area contributed by atoms with Crippen LogP contribution in [0.5, 0.6) is 11.5 Å². The number of rotatable bonds is 3. The fraction of sp³-hybridized carbons (Fsp3) is 0.200. The maximum atomic E-state index is 13.3. The molecule has 0 atom stereocenters. The van der Waals surface area contributed by atoms with Crippen LogP contribution in [0, 0.1) is 12.7 Å². The maximum Gasteiger partial charge on any atom is 0.165 e. The molecule has 1 N–H and O–H groups in total. The number of halogens is 1. The Labute approximate surface area is 106 Å². The van der Waals surface area contributed by atoms with Crippen LogP contribution >= 0.6 is 0 Å². The van der Waals surface area contributed by atoms with Gasteiger partial charge in [-0.05, 0) is 54.8 Å². The molecule has 0 aliphatic rings. The average molecular weight is 246 g/mol. The van der Waals surface area contributed by atoms with Gasteiger partial charge >= 0.3 is 0 Å². The van der Waals surface area contributed by atoms with Crippen molar-refractivity contribution in [2.45, 2.75) is 13.8 Å². The molecule has 0 fully saturated rings. The first-order valence-corrected chi connectivity index (χ1v) is 5.84. The van der Waals surface area contributed by atoms with E-state index < -0.39 is 5.82 Å². The maximum absolute atomic E-state index is 13.3. The Morgan fingerprint density at radius 2 is 1.94 bits per heavy atom. The van der Waals surface area contributed by atoms with E-state index in [1.54, 1.807) is 6.07 Å². The number of aryl methyl sites for hydroxylation is 1. The third kappa shape index (κ3) is 2.45. The topological polar surface area (TPSA) is 29.5 Å². The minimum Gasteiger partial charge on any atom is -0.505 e. The smallest absolute Gasteiger partial charge is 0.165 e. The molecule has 2 aromatic rings. The van der Waals surface area contributed by atoms with Crippen LogP contribution in [0.3, 0.4) is 0 Å². The summed E-state index contributed by atoms with van der Waals surface area (Å²) >= 11 is 0. The van der Waals surface area contributed by atoms with Gasteiger partial charge in [0.15, 0.2) is 11.6 Å². The molecule has 0 heterocycles. The number of hydrogen-bond acceptors (Lipinski definition) is 2. The molecular weight excluding hydrogens is 231 g/mol. The van der Waals surface area contributed by atoms with Crippen molar-refractivity contribution in [1.82, 2.24) is 0 Å². The van der Waals surface area contributed by atoms with E-state index in [1.165, 1.54) is 12.1 Å². The predicted molar refractivity (Wildman–Crippen MR) is 69.4 cm³/mol. The standard InChI is InChI=1S/C15H15FO2/c1-3-18-12-5-6-13(10(2)8-12)11-4-7-15(17)14(16)9-11/h4-9,17H,3H2,1-2H3. The van der Waals surface area contributed by atoms with Crippen molar-refractivity contribution in [2.75, 3.05) is 6.61 Å². The molecule has 2 nitrogen and oxygen atoms in total. The van der Waals surface area contributed by atoms with E-state index in [0.717, 1.165) is 22.4 Å². The summed E-state index contributed by atoms with van der Waals surface area (Å²) in [6.07, 6.45) is 0. The summed E-state index contributed by atoms with van der Waals surface area (Å²) in [7, 11) is 0. The van der Waals surface area contributed by atoms with Gasteiger partial charge in [0.1, 0.15) is 5.75 Å². The lowest BCUT2D eigenvalue weighted by atomic mass is 10.00. The summed E-state index contributed by atoms with van der Waals surface area (Å²) in [5.41, 5.74) is 2.68. The number of ether oxygens (including phenoxy) is 1. The summed E-state index contributed by atoms with van der Waals surface area (Å²) in [5.74, 6) is -0.138. The molecule has 3 heteroatoms. The molecule has 0 aliphatic heterocycles. The van der Waals surface area contributed by atoms with Crippen LogP contribution in [0.1, 0.15) is 12.5 Å². The zero-order chi connectivity index (χ0) is 13.1. The van der Waals surface area contributed by atoms with Gasteiger partial charge in [0.05, 0.1) is 6.61 Å². The van der Waals surface area contributed by atoms with Crippen LogP contribution < -0.4 is 4.74 Å². The first-order valence-electron chi connectivity index (χ1n) is 5.84. The van der Waals surface area contributed by atoms with E-state index in [9.17, 15) is 9.50 Å². The second kappa shape index (κ2) is 5.08. The molecule has 94 valence electrons. The van der Waals surface area contributed by atoms with Crippen molar-refractivity contribution >= 4 is 0 Å². The van der Waals surface area contributed by atoms with Gasteiger partial charge in [-0.3, -0.25) is 0 Å². The van der Waals surface area contributed by atoms with Gasteiger partial charge in [-0.2, -0.15) is 0 Å². The highest BCUT2D eigenvalue weighted by Gasteiger charge is 2.07. The number of hydrogen-bond donors (Lipinski definition) is 1. The molecule has 0 amide bonds. The summed E-state index contributed by atoms with van der Waals surface area (Å²) in [6, 6.07) is 10.1. The third-order valence-corrected chi connectivity index (χ3v) is 2.77. The van der Waals surface area contributed by atoms with Gasteiger partial charge in [-0.15, -0.1) is 0 Å². The summed E-state index contributed by atoms with van der Waals surface area (Å²) in [5, 5.41) is 9.18. The quantitative estimate of drug-likeness (QED) is 0.889. The highest BCUT2D eigenvalue weighted by Crippen LogP contribution is 2.29. The molecule has 0 aliphatic carbocycles. The van der Waals surface area contributed by atoms with Crippen LogP contribution in [0.15, 0.2) is 36.4 Å². The first kappa shape index (κ1) is 12.4. The van der Waals surface area contributed by atoms with Gasteiger partial charge in [0, 0.05) is 0 Å². The Balaban J connectivity index is 2.41.